The van der Waals surface area contributed by atoms with E-state index in [9.17, 15) is 9.90 Å². The molecule has 0 amide bonds. The van der Waals surface area contributed by atoms with Gasteiger partial charge in [-0.25, -0.2) is 4.98 Å². The standard InChI is InChI=1S/C21H27N3O2/c1-3-4-9-17(25)13-24-11-10-19-18(14-24)21(26)23-20(22-19)12-16-8-6-5-7-15(16)2/h3,5-8,17,25H,1,4,9-14H2,2H3,(H,22,23,26)/p+1/t17-/m0/s1. The molecule has 2 aromatic rings. The molecule has 3 N–H and O–H groups in total. The lowest BCUT2D eigenvalue weighted by molar-refractivity contribution is -0.919. The monoisotopic (exact) mass is 354 g/mol. The van der Waals surface area contributed by atoms with Gasteiger partial charge in [0.2, 0.25) is 0 Å². The van der Waals surface area contributed by atoms with Crippen molar-refractivity contribution in [3.8, 4) is 0 Å². The first-order valence-electron chi connectivity index (χ1n) is 9.34. The van der Waals surface area contributed by atoms with Crippen molar-refractivity contribution in [1.82, 2.24) is 9.97 Å². The molecule has 5 heteroatoms. The number of aliphatic hydroxyl groups is 1. The predicted molar refractivity (Wildman–Crippen MR) is 102 cm³/mol. The lowest BCUT2D eigenvalue weighted by atomic mass is 10.0. The molecule has 0 spiro atoms. The van der Waals surface area contributed by atoms with Gasteiger partial charge in [0.25, 0.3) is 5.56 Å². The van der Waals surface area contributed by atoms with E-state index in [0.29, 0.717) is 19.5 Å². The molecule has 5 nitrogen and oxygen atoms in total. The van der Waals surface area contributed by atoms with E-state index in [4.69, 9.17) is 4.98 Å². The minimum Gasteiger partial charge on any atom is -0.387 e. The summed E-state index contributed by atoms with van der Waals surface area (Å²) >= 11 is 0. The molecule has 2 atom stereocenters. The van der Waals surface area contributed by atoms with Crippen molar-refractivity contribution < 1.29 is 10.0 Å². The molecule has 0 saturated carbocycles. The Hall–Kier alpha value is -2.24. The second kappa shape index (κ2) is 8.43. The van der Waals surface area contributed by atoms with Crippen molar-refractivity contribution in [3.05, 3.63) is 75.5 Å². The van der Waals surface area contributed by atoms with Crippen LogP contribution in [-0.2, 0) is 19.4 Å². The van der Waals surface area contributed by atoms with Crippen LogP contribution in [0.4, 0.5) is 0 Å². The van der Waals surface area contributed by atoms with E-state index in [1.807, 2.05) is 18.2 Å². The lowest BCUT2D eigenvalue weighted by Gasteiger charge is -2.26. The fraction of sp³-hybridized carbons (Fsp3) is 0.429. The van der Waals surface area contributed by atoms with Crippen LogP contribution < -0.4 is 10.5 Å². The van der Waals surface area contributed by atoms with Crippen molar-refractivity contribution in [2.24, 2.45) is 0 Å². The molecular formula is C21H28N3O2+. The van der Waals surface area contributed by atoms with E-state index < -0.39 is 0 Å². The Morgan fingerprint density at radius 3 is 3.00 bits per heavy atom. The Kier molecular flexibility index (Phi) is 6.01. The highest BCUT2D eigenvalue weighted by Crippen LogP contribution is 2.12. The molecule has 3 rings (SSSR count). The predicted octanol–water partition coefficient (Wildman–Crippen LogP) is 0.937. The van der Waals surface area contributed by atoms with Gasteiger partial charge in [0.1, 0.15) is 25.0 Å². The zero-order chi connectivity index (χ0) is 18.5. The average molecular weight is 354 g/mol. The number of fused-ring (bicyclic) bond motifs is 1. The SMILES string of the molecule is C=CCC[C@H](O)C[NH+]1CCc2nc(Cc3ccccc3C)[nH]c(=O)c2C1. The number of aliphatic hydroxyl groups excluding tert-OH is 1. The van der Waals surface area contributed by atoms with Crippen LogP contribution in [0, 0.1) is 6.92 Å². The summed E-state index contributed by atoms with van der Waals surface area (Å²) < 4.78 is 0. The molecule has 0 bridgehead atoms. The number of hydrogen-bond acceptors (Lipinski definition) is 3. The van der Waals surface area contributed by atoms with E-state index in [1.165, 1.54) is 16.0 Å². The normalized spacial score (nSPS) is 17.5. The highest BCUT2D eigenvalue weighted by Gasteiger charge is 2.25. The number of quaternary nitrogens is 1. The van der Waals surface area contributed by atoms with Crippen LogP contribution in [0.25, 0.3) is 0 Å². The van der Waals surface area contributed by atoms with Gasteiger partial charge in [-0.15, -0.1) is 6.58 Å². The van der Waals surface area contributed by atoms with Crippen LogP contribution in [0.3, 0.4) is 0 Å². The third kappa shape index (κ3) is 4.48. The molecule has 0 saturated heterocycles. The number of aromatic nitrogens is 2. The third-order valence-electron chi connectivity index (χ3n) is 5.14. The zero-order valence-corrected chi connectivity index (χ0v) is 15.4. The number of allylic oxidation sites excluding steroid dienone is 1. The molecule has 2 heterocycles. The number of nitrogens with one attached hydrogen (secondary N) is 2. The van der Waals surface area contributed by atoms with Crippen LogP contribution in [0.15, 0.2) is 41.7 Å². The molecule has 1 aromatic carbocycles. The van der Waals surface area contributed by atoms with Crippen LogP contribution in [0.5, 0.6) is 0 Å². The molecule has 1 aromatic heterocycles. The van der Waals surface area contributed by atoms with Crippen molar-refractivity contribution in [2.75, 3.05) is 13.1 Å². The minimum atomic E-state index is -0.350. The van der Waals surface area contributed by atoms with Crippen LogP contribution in [0.2, 0.25) is 0 Å². The van der Waals surface area contributed by atoms with E-state index in [0.717, 1.165) is 42.9 Å². The quantitative estimate of drug-likeness (QED) is 0.648. The molecule has 0 fully saturated rings. The fourth-order valence-corrected chi connectivity index (χ4v) is 3.61. The molecule has 1 unspecified atom stereocenters. The Bertz CT molecular complexity index is 828. The van der Waals surface area contributed by atoms with Gasteiger partial charge in [-0.05, 0) is 30.9 Å². The first kappa shape index (κ1) is 18.5. The molecular weight excluding hydrogens is 326 g/mol. The van der Waals surface area contributed by atoms with Gasteiger partial charge in [0, 0.05) is 12.8 Å². The maximum atomic E-state index is 12.6. The van der Waals surface area contributed by atoms with E-state index in [1.54, 1.807) is 0 Å². The molecule has 0 radical (unpaired) electrons. The summed E-state index contributed by atoms with van der Waals surface area (Å²) in [6.45, 7) is 7.96. The number of H-pyrrole nitrogens is 1. The van der Waals surface area contributed by atoms with Gasteiger partial charge in [0.15, 0.2) is 0 Å². The second-order valence-electron chi connectivity index (χ2n) is 7.19. The summed E-state index contributed by atoms with van der Waals surface area (Å²) in [6, 6.07) is 8.18. The van der Waals surface area contributed by atoms with Crippen molar-refractivity contribution >= 4 is 0 Å². The van der Waals surface area contributed by atoms with Crippen LogP contribution >= 0.6 is 0 Å². The Labute approximate surface area is 154 Å². The summed E-state index contributed by atoms with van der Waals surface area (Å²) in [6.07, 6.45) is 4.45. The van der Waals surface area contributed by atoms with Gasteiger partial charge in [-0.1, -0.05) is 30.3 Å². The first-order valence-corrected chi connectivity index (χ1v) is 9.34. The van der Waals surface area contributed by atoms with Gasteiger partial charge in [0.05, 0.1) is 17.8 Å². The first-order chi connectivity index (χ1) is 12.6. The maximum absolute atomic E-state index is 12.6. The number of aryl methyl sites for hydroxylation is 1. The topological polar surface area (TPSA) is 70.4 Å². The largest absolute Gasteiger partial charge is 0.387 e. The Morgan fingerprint density at radius 1 is 1.42 bits per heavy atom. The van der Waals surface area contributed by atoms with Gasteiger partial charge in [-0.3, -0.25) is 4.79 Å². The number of rotatable bonds is 7. The van der Waals surface area contributed by atoms with Crippen LogP contribution in [0.1, 0.15) is 41.1 Å². The van der Waals surface area contributed by atoms with Gasteiger partial charge >= 0.3 is 0 Å². The summed E-state index contributed by atoms with van der Waals surface area (Å²) in [5, 5.41) is 10.1. The maximum Gasteiger partial charge on any atom is 0.260 e. The van der Waals surface area contributed by atoms with E-state index >= 15 is 0 Å². The number of hydrogen-bond donors (Lipinski definition) is 3. The lowest BCUT2D eigenvalue weighted by Crippen LogP contribution is -3.13. The summed E-state index contributed by atoms with van der Waals surface area (Å²) in [5.74, 6) is 0.734. The minimum absolute atomic E-state index is 0.0311. The summed E-state index contributed by atoms with van der Waals surface area (Å²) in [4.78, 5) is 21.5. The van der Waals surface area contributed by atoms with E-state index in [-0.39, 0.29) is 11.7 Å². The zero-order valence-electron chi connectivity index (χ0n) is 15.4. The molecule has 26 heavy (non-hydrogen) atoms. The second-order valence-corrected chi connectivity index (χ2v) is 7.19. The van der Waals surface area contributed by atoms with Gasteiger partial charge < -0.3 is 15.0 Å². The third-order valence-corrected chi connectivity index (χ3v) is 5.14. The van der Waals surface area contributed by atoms with Crippen molar-refractivity contribution in [2.45, 2.75) is 45.3 Å². The molecule has 0 aliphatic carbocycles. The number of aromatic amines is 1. The van der Waals surface area contributed by atoms with Gasteiger partial charge in [-0.2, -0.15) is 0 Å². The summed E-state index contributed by atoms with van der Waals surface area (Å²) in [7, 11) is 0. The van der Waals surface area contributed by atoms with Crippen molar-refractivity contribution in [3.63, 3.8) is 0 Å². The van der Waals surface area contributed by atoms with Crippen molar-refractivity contribution in [1.29, 1.82) is 0 Å². The Balaban J connectivity index is 1.71. The molecule has 1 aliphatic rings. The highest BCUT2D eigenvalue weighted by molar-refractivity contribution is 5.29. The fourth-order valence-electron chi connectivity index (χ4n) is 3.61. The summed E-state index contributed by atoms with van der Waals surface area (Å²) in [5.41, 5.74) is 4.05. The molecule has 1 aliphatic heterocycles. The highest BCUT2D eigenvalue weighted by atomic mass is 16.3. The van der Waals surface area contributed by atoms with Crippen LogP contribution in [-0.4, -0.2) is 34.3 Å². The average Bonchev–Trinajstić information content (AvgIpc) is 2.62. The molecule has 138 valence electrons. The smallest absolute Gasteiger partial charge is 0.260 e. The Morgan fingerprint density at radius 2 is 2.23 bits per heavy atom. The number of benzene rings is 1. The number of nitrogens with zero attached hydrogens (tertiary/aromatic N) is 1. The van der Waals surface area contributed by atoms with E-state index in [2.05, 4.69) is 30.6 Å².